The second kappa shape index (κ2) is 8.74. The normalized spacial score (nSPS) is 16.1. The van der Waals surface area contributed by atoms with Crippen LogP contribution in [0.4, 0.5) is 5.69 Å². The van der Waals surface area contributed by atoms with Gasteiger partial charge in [0.1, 0.15) is 6.10 Å². The van der Waals surface area contributed by atoms with Gasteiger partial charge in [0.25, 0.3) is 0 Å². The fourth-order valence-electron chi connectivity index (χ4n) is 3.76. The SMILES string of the molecule is OC(c1cccnc1)c1ccccc1N1CCN(Cc2cccc(Cl)c2)CC1. The number of anilines is 1. The minimum Gasteiger partial charge on any atom is -0.384 e. The van der Waals surface area contributed by atoms with Crippen molar-refractivity contribution in [2.45, 2.75) is 12.6 Å². The van der Waals surface area contributed by atoms with Gasteiger partial charge in [-0.3, -0.25) is 9.88 Å². The standard InChI is InChI=1S/C23H24ClN3O/c24-20-7-3-5-18(15-20)17-26-11-13-27(14-12-26)22-9-2-1-8-21(22)23(28)19-6-4-10-25-16-19/h1-10,15-16,23,28H,11-14,17H2. The summed E-state index contributed by atoms with van der Waals surface area (Å²) in [5.41, 5.74) is 4.09. The number of pyridine rings is 1. The summed E-state index contributed by atoms with van der Waals surface area (Å²) in [5, 5.41) is 11.7. The van der Waals surface area contributed by atoms with Crippen LogP contribution in [0, 0.1) is 0 Å². The van der Waals surface area contributed by atoms with E-state index in [0.29, 0.717) is 0 Å². The molecule has 0 saturated carbocycles. The number of aromatic nitrogens is 1. The second-order valence-electron chi connectivity index (χ2n) is 7.14. The van der Waals surface area contributed by atoms with E-state index < -0.39 is 6.10 Å². The average Bonchev–Trinajstić information content (AvgIpc) is 2.74. The molecule has 1 aliphatic rings. The third kappa shape index (κ3) is 4.36. The minimum atomic E-state index is -0.672. The summed E-state index contributed by atoms with van der Waals surface area (Å²) in [4.78, 5) is 8.95. The van der Waals surface area contributed by atoms with Gasteiger partial charge in [-0.1, -0.05) is 48.0 Å². The molecule has 0 bridgehead atoms. The Morgan fingerprint density at radius 2 is 1.79 bits per heavy atom. The summed E-state index contributed by atoms with van der Waals surface area (Å²) >= 11 is 6.11. The molecule has 0 amide bonds. The zero-order valence-electron chi connectivity index (χ0n) is 15.7. The summed E-state index contributed by atoms with van der Waals surface area (Å²) in [6.07, 6.45) is 2.78. The Labute approximate surface area is 171 Å². The molecule has 4 rings (SSSR count). The van der Waals surface area contributed by atoms with E-state index in [2.05, 4.69) is 26.9 Å². The van der Waals surface area contributed by atoms with Gasteiger partial charge in [-0.05, 0) is 29.8 Å². The molecule has 1 atom stereocenters. The van der Waals surface area contributed by atoms with Crippen LogP contribution in [0.3, 0.4) is 0 Å². The van der Waals surface area contributed by atoms with Gasteiger partial charge in [0.15, 0.2) is 0 Å². The Kier molecular flexibility index (Phi) is 5.91. The maximum absolute atomic E-state index is 10.9. The zero-order chi connectivity index (χ0) is 19.3. The van der Waals surface area contributed by atoms with Crippen molar-refractivity contribution in [1.29, 1.82) is 0 Å². The van der Waals surface area contributed by atoms with Crippen LogP contribution in [0.25, 0.3) is 0 Å². The number of halogens is 1. The van der Waals surface area contributed by atoms with Gasteiger partial charge in [-0.15, -0.1) is 0 Å². The first-order chi connectivity index (χ1) is 13.7. The van der Waals surface area contributed by atoms with Crippen LogP contribution >= 0.6 is 11.6 Å². The highest BCUT2D eigenvalue weighted by atomic mass is 35.5. The van der Waals surface area contributed by atoms with E-state index in [1.165, 1.54) is 5.56 Å². The van der Waals surface area contributed by atoms with Crippen molar-refractivity contribution in [3.8, 4) is 0 Å². The second-order valence-corrected chi connectivity index (χ2v) is 7.58. The molecule has 4 nitrogen and oxygen atoms in total. The third-order valence-electron chi connectivity index (χ3n) is 5.24. The minimum absolute atomic E-state index is 0.672. The summed E-state index contributed by atoms with van der Waals surface area (Å²) in [7, 11) is 0. The van der Waals surface area contributed by atoms with Crippen LogP contribution in [0.2, 0.25) is 5.02 Å². The van der Waals surface area contributed by atoms with Crippen LogP contribution in [0.5, 0.6) is 0 Å². The van der Waals surface area contributed by atoms with Gasteiger partial charge in [0.05, 0.1) is 0 Å². The van der Waals surface area contributed by atoms with Gasteiger partial charge in [-0.25, -0.2) is 0 Å². The predicted molar refractivity (Wildman–Crippen MR) is 114 cm³/mol. The first kappa shape index (κ1) is 18.9. The van der Waals surface area contributed by atoms with E-state index in [1.807, 2.05) is 48.5 Å². The van der Waals surface area contributed by atoms with Crippen molar-refractivity contribution in [3.63, 3.8) is 0 Å². The highest BCUT2D eigenvalue weighted by Gasteiger charge is 2.22. The number of hydrogen-bond acceptors (Lipinski definition) is 4. The number of benzene rings is 2. The predicted octanol–water partition coefficient (Wildman–Crippen LogP) is 4.14. The molecule has 1 unspecified atom stereocenters. The molecule has 1 aromatic heterocycles. The molecule has 3 aromatic rings. The number of para-hydroxylation sites is 1. The molecule has 0 spiro atoms. The monoisotopic (exact) mass is 393 g/mol. The largest absolute Gasteiger partial charge is 0.384 e. The van der Waals surface area contributed by atoms with Crippen LogP contribution in [-0.2, 0) is 6.54 Å². The Morgan fingerprint density at radius 1 is 0.964 bits per heavy atom. The topological polar surface area (TPSA) is 39.6 Å². The summed E-state index contributed by atoms with van der Waals surface area (Å²) < 4.78 is 0. The lowest BCUT2D eigenvalue weighted by Crippen LogP contribution is -2.46. The lowest BCUT2D eigenvalue weighted by Gasteiger charge is -2.37. The van der Waals surface area contributed by atoms with E-state index >= 15 is 0 Å². The number of aliphatic hydroxyl groups is 1. The van der Waals surface area contributed by atoms with Gasteiger partial charge in [0.2, 0.25) is 0 Å². The third-order valence-corrected chi connectivity index (χ3v) is 5.47. The molecule has 0 aliphatic carbocycles. The van der Waals surface area contributed by atoms with E-state index in [-0.39, 0.29) is 0 Å². The van der Waals surface area contributed by atoms with Crippen LogP contribution in [-0.4, -0.2) is 41.2 Å². The van der Waals surface area contributed by atoms with Crippen molar-refractivity contribution in [1.82, 2.24) is 9.88 Å². The number of nitrogens with zero attached hydrogens (tertiary/aromatic N) is 3. The van der Waals surface area contributed by atoms with Gasteiger partial charge in [0, 0.05) is 67.0 Å². The molecule has 5 heteroatoms. The van der Waals surface area contributed by atoms with Gasteiger partial charge < -0.3 is 10.0 Å². The van der Waals surface area contributed by atoms with Gasteiger partial charge >= 0.3 is 0 Å². The number of hydrogen-bond donors (Lipinski definition) is 1. The molecule has 144 valence electrons. The van der Waals surface area contributed by atoms with Crippen LogP contribution in [0.1, 0.15) is 22.8 Å². The van der Waals surface area contributed by atoms with Crippen LogP contribution < -0.4 is 4.90 Å². The Hall–Kier alpha value is -2.40. The van der Waals surface area contributed by atoms with Crippen molar-refractivity contribution < 1.29 is 5.11 Å². The Bertz CT molecular complexity index is 910. The molecule has 1 saturated heterocycles. The van der Waals surface area contributed by atoms with Crippen LogP contribution in [0.15, 0.2) is 73.1 Å². The fraction of sp³-hybridized carbons (Fsp3) is 0.261. The molecular weight excluding hydrogens is 370 g/mol. The van der Waals surface area contributed by atoms with E-state index in [4.69, 9.17) is 11.6 Å². The molecule has 2 heterocycles. The summed E-state index contributed by atoms with van der Waals surface area (Å²) in [6, 6.07) is 20.0. The smallest absolute Gasteiger partial charge is 0.108 e. The molecule has 1 fully saturated rings. The number of rotatable bonds is 5. The fourth-order valence-corrected chi connectivity index (χ4v) is 3.98. The Morgan fingerprint density at radius 3 is 2.54 bits per heavy atom. The average molecular weight is 394 g/mol. The number of piperazine rings is 1. The first-order valence-corrected chi connectivity index (χ1v) is 9.97. The van der Waals surface area contributed by atoms with Gasteiger partial charge in [-0.2, -0.15) is 0 Å². The number of aliphatic hydroxyl groups excluding tert-OH is 1. The summed E-state index contributed by atoms with van der Waals surface area (Å²) in [6.45, 7) is 4.72. The molecule has 1 N–H and O–H groups in total. The van der Waals surface area contributed by atoms with E-state index in [0.717, 1.165) is 54.6 Å². The lowest BCUT2D eigenvalue weighted by molar-refractivity contribution is 0.218. The molecule has 0 radical (unpaired) electrons. The van der Waals surface area contributed by atoms with E-state index in [1.54, 1.807) is 12.4 Å². The maximum atomic E-state index is 10.9. The van der Waals surface area contributed by atoms with E-state index in [9.17, 15) is 5.11 Å². The Balaban J connectivity index is 1.45. The molecule has 28 heavy (non-hydrogen) atoms. The summed E-state index contributed by atoms with van der Waals surface area (Å²) in [5.74, 6) is 0. The molecule has 2 aromatic carbocycles. The lowest BCUT2D eigenvalue weighted by atomic mass is 10.00. The quantitative estimate of drug-likeness (QED) is 0.707. The maximum Gasteiger partial charge on any atom is 0.108 e. The molecule has 1 aliphatic heterocycles. The van der Waals surface area contributed by atoms with Crippen molar-refractivity contribution in [3.05, 3.63) is 94.8 Å². The zero-order valence-corrected chi connectivity index (χ0v) is 16.5. The molecular formula is C23H24ClN3O. The van der Waals surface area contributed by atoms with Crippen molar-refractivity contribution in [2.24, 2.45) is 0 Å². The van der Waals surface area contributed by atoms with Crippen molar-refractivity contribution in [2.75, 3.05) is 31.1 Å². The highest BCUT2D eigenvalue weighted by Crippen LogP contribution is 2.31. The van der Waals surface area contributed by atoms with Crippen molar-refractivity contribution >= 4 is 17.3 Å². The first-order valence-electron chi connectivity index (χ1n) is 9.59. The highest BCUT2D eigenvalue weighted by molar-refractivity contribution is 6.30.